The van der Waals surface area contributed by atoms with Crippen molar-refractivity contribution in [2.24, 2.45) is 0 Å². The van der Waals surface area contributed by atoms with Gasteiger partial charge in [0.05, 0.1) is 0 Å². The predicted octanol–water partition coefficient (Wildman–Crippen LogP) is 1.85. The van der Waals surface area contributed by atoms with Crippen LogP contribution in [0.4, 0.5) is 0 Å². The van der Waals surface area contributed by atoms with E-state index in [1.54, 1.807) is 18.2 Å². The molecule has 1 aromatic heterocycles. The summed E-state index contributed by atoms with van der Waals surface area (Å²) in [6.45, 7) is 1.59. The molecular weight excluding hydrogens is 210 g/mol. The quantitative estimate of drug-likeness (QED) is 0.852. The Morgan fingerprint density at radius 1 is 1.56 bits per heavy atom. The molecule has 2 rings (SSSR count). The molecule has 2 aromatic rings. The molecule has 0 radical (unpaired) electrons. The number of oxazole rings is 1. The van der Waals surface area contributed by atoms with E-state index in [-0.39, 0.29) is 6.61 Å². The monoisotopic (exact) mass is 221 g/mol. The summed E-state index contributed by atoms with van der Waals surface area (Å²) in [7, 11) is 0. The lowest BCUT2D eigenvalue weighted by Gasteiger charge is -2.01. The van der Waals surface area contributed by atoms with E-state index in [1.807, 2.05) is 6.92 Å². The van der Waals surface area contributed by atoms with Crippen molar-refractivity contribution in [2.75, 3.05) is 6.61 Å². The molecule has 1 heterocycles. The van der Waals surface area contributed by atoms with Crippen LogP contribution in [0.3, 0.4) is 0 Å². The number of carbonyl (C=O) groups is 1. The SMILES string of the molecule is CCc1nc2ccc(OCC(=O)O)cc2o1. The Labute approximate surface area is 91.7 Å². The van der Waals surface area contributed by atoms with Crippen LogP contribution in [0.2, 0.25) is 0 Å². The van der Waals surface area contributed by atoms with Gasteiger partial charge in [-0.25, -0.2) is 9.78 Å². The zero-order valence-electron chi connectivity index (χ0n) is 8.77. The number of carboxylic acid groups (broad SMARTS) is 1. The van der Waals surface area contributed by atoms with E-state index in [1.165, 1.54) is 0 Å². The second kappa shape index (κ2) is 4.22. The maximum Gasteiger partial charge on any atom is 0.341 e. The summed E-state index contributed by atoms with van der Waals surface area (Å²) in [6.07, 6.45) is 0.722. The molecule has 5 heteroatoms. The molecule has 0 amide bonds. The summed E-state index contributed by atoms with van der Waals surface area (Å²) in [5, 5.41) is 8.47. The largest absolute Gasteiger partial charge is 0.482 e. The Bertz CT molecular complexity index is 518. The van der Waals surface area contributed by atoms with Gasteiger partial charge in [0.15, 0.2) is 18.1 Å². The molecule has 16 heavy (non-hydrogen) atoms. The third kappa shape index (κ3) is 2.13. The highest BCUT2D eigenvalue weighted by Crippen LogP contribution is 2.21. The van der Waals surface area contributed by atoms with Gasteiger partial charge in [0.25, 0.3) is 0 Å². The van der Waals surface area contributed by atoms with Crippen molar-refractivity contribution in [3.05, 3.63) is 24.1 Å². The van der Waals surface area contributed by atoms with E-state index in [4.69, 9.17) is 14.3 Å². The highest BCUT2D eigenvalue weighted by atomic mass is 16.5. The van der Waals surface area contributed by atoms with E-state index in [9.17, 15) is 4.79 Å². The second-order valence-electron chi connectivity index (χ2n) is 3.27. The molecule has 5 nitrogen and oxygen atoms in total. The van der Waals surface area contributed by atoms with Gasteiger partial charge < -0.3 is 14.3 Å². The second-order valence-corrected chi connectivity index (χ2v) is 3.27. The molecule has 1 N–H and O–H groups in total. The molecule has 84 valence electrons. The number of hydrogen-bond acceptors (Lipinski definition) is 4. The summed E-state index contributed by atoms with van der Waals surface area (Å²) >= 11 is 0. The first-order valence-corrected chi connectivity index (χ1v) is 4.93. The Morgan fingerprint density at radius 3 is 3.06 bits per heavy atom. The maximum absolute atomic E-state index is 10.3. The van der Waals surface area contributed by atoms with E-state index < -0.39 is 5.97 Å². The number of aromatic nitrogens is 1. The number of fused-ring (bicyclic) bond motifs is 1. The normalized spacial score (nSPS) is 10.6. The van der Waals surface area contributed by atoms with Crippen LogP contribution in [-0.4, -0.2) is 22.7 Å². The number of carboxylic acids is 1. The molecule has 0 fully saturated rings. The Morgan fingerprint density at radius 2 is 2.38 bits per heavy atom. The number of nitrogens with zero attached hydrogens (tertiary/aromatic N) is 1. The number of hydrogen-bond donors (Lipinski definition) is 1. The van der Waals surface area contributed by atoms with E-state index in [0.717, 1.165) is 11.9 Å². The first-order valence-electron chi connectivity index (χ1n) is 4.93. The summed E-state index contributed by atoms with van der Waals surface area (Å²) < 4.78 is 10.5. The average Bonchev–Trinajstić information content (AvgIpc) is 2.68. The minimum Gasteiger partial charge on any atom is -0.482 e. The molecule has 0 unspecified atom stereocenters. The standard InChI is InChI=1S/C11H11NO4/c1-2-10-12-8-4-3-7(5-9(8)16-10)15-6-11(13)14/h3-5H,2,6H2,1H3,(H,13,14). The molecule has 0 spiro atoms. The third-order valence-electron chi connectivity index (χ3n) is 2.07. The molecule has 0 aliphatic carbocycles. The third-order valence-corrected chi connectivity index (χ3v) is 2.07. The van der Waals surface area contributed by atoms with E-state index in [0.29, 0.717) is 17.2 Å². The average molecular weight is 221 g/mol. The molecule has 1 aromatic carbocycles. The molecule has 0 saturated carbocycles. The van der Waals surface area contributed by atoms with Crippen molar-refractivity contribution >= 4 is 17.1 Å². The number of aryl methyl sites for hydroxylation is 1. The van der Waals surface area contributed by atoms with Crippen LogP contribution >= 0.6 is 0 Å². The maximum atomic E-state index is 10.3. The van der Waals surface area contributed by atoms with Crippen molar-refractivity contribution in [1.29, 1.82) is 0 Å². The van der Waals surface area contributed by atoms with Gasteiger partial charge in [0, 0.05) is 12.5 Å². The minimum atomic E-state index is -1.01. The molecule has 0 aliphatic rings. The first kappa shape index (κ1) is 10.5. The van der Waals surface area contributed by atoms with Crippen molar-refractivity contribution in [3.8, 4) is 5.75 Å². The van der Waals surface area contributed by atoms with Gasteiger partial charge >= 0.3 is 5.97 Å². The lowest BCUT2D eigenvalue weighted by Crippen LogP contribution is -2.09. The molecule has 0 saturated heterocycles. The Kier molecular flexibility index (Phi) is 2.76. The zero-order chi connectivity index (χ0) is 11.5. The zero-order valence-corrected chi connectivity index (χ0v) is 8.77. The number of ether oxygens (including phenoxy) is 1. The van der Waals surface area contributed by atoms with E-state index in [2.05, 4.69) is 4.98 Å². The van der Waals surface area contributed by atoms with Gasteiger partial charge in [0.2, 0.25) is 0 Å². The fourth-order valence-electron chi connectivity index (χ4n) is 1.34. The van der Waals surface area contributed by atoms with Crippen LogP contribution in [-0.2, 0) is 11.2 Å². The van der Waals surface area contributed by atoms with Crippen molar-refractivity contribution in [2.45, 2.75) is 13.3 Å². The van der Waals surface area contributed by atoms with Gasteiger partial charge in [0.1, 0.15) is 11.3 Å². The van der Waals surface area contributed by atoms with Gasteiger partial charge in [-0.2, -0.15) is 0 Å². The van der Waals surface area contributed by atoms with Crippen LogP contribution in [0.25, 0.3) is 11.1 Å². The van der Waals surface area contributed by atoms with Crippen LogP contribution in [0.15, 0.2) is 22.6 Å². The minimum absolute atomic E-state index is 0.361. The van der Waals surface area contributed by atoms with Crippen LogP contribution in [0.1, 0.15) is 12.8 Å². The van der Waals surface area contributed by atoms with Gasteiger partial charge in [-0.05, 0) is 12.1 Å². The molecular formula is C11H11NO4. The number of rotatable bonds is 4. The van der Waals surface area contributed by atoms with Gasteiger partial charge in [-0.3, -0.25) is 0 Å². The fraction of sp³-hybridized carbons (Fsp3) is 0.273. The topological polar surface area (TPSA) is 72.6 Å². The molecule has 0 aliphatic heterocycles. The van der Waals surface area contributed by atoms with Gasteiger partial charge in [-0.15, -0.1) is 0 Å². The van der Waals surface area contributed by atoms with E-state index >= 15 is 0 Å². The number of benzene rings is 1. The van der Waals surface area contributed by atoms with Crippen LogP contribution in [0.5, 0.6) is 5.75 Å². The summed E-state index contributed by atoms with van der Waals surface area (Å²) in [5.74, 6) is 0.117. The smallest absolute Gasteiger partial charge is 0.341 e. The highest BCUT2D eigenvalue weighted by Gasteiger charge is 2.06. The van der Waals surface area contributed by atoms with Crippen LogP contribution in [0, 0.1) is 0 Å². The summed E-state index contributed by atoms with van der Waals surface area (Å²) in [5.41, 5.74) is 1.36. The molecule has 0 bridgehead atoms. The predicted molar refractivity (Wildman–Crippen MR) is 56.5 cm³/mol. The van der Waals surface area contributed by atoms with Crippen molar-refractivity contribution in [3.63, 3.8) is 0 Å². The first-order chi connectivity index (χ1) is 7.69. The summed E-state index contributed by atoms with van der Waals surface area (Å²) in [6, 6.07) is 5.06. The lowest BCUT2D eigenvalue weighted by molar-refractivity contribution is -0.139. The molecule has 0 atom stereocenters. The van der Waals surface area contributed by atoms with Gasteiger partial charge in [-0.1, -0.05) is 6.92 Å². The Hall–Kier alpha value is -2.04. The van der Waals surface area contributed by atoms with Crippen LogP contribution < -0.4 is 4.74 Å². The highest BCUT2D eigenvalue weighted by molar-refractivity contribution is 5.74. The van der Waals surface area contributed by atoms with Crippen molar-refractivity contribution in [1.82, 2.24) is 4.98 Å². The lowest BCUT2D eigenvalue weighted by atomic mass is 10.3. The van der Waals surface area contributed by atoms with Crippen molar-refractivity contribution < 1.29 is 19.1 Å². The Balaban J connectivity index is 2.25. The fourth-order valence-corrected chi connectivity index (χ4v) is 1.34. The summed E-state index contributed by atoms with van der Waals surface area (Å²) in [4.78, 5) is 14.6. The number of aliphatic carboxylic acids is 1.